The zero-order valence-corrected chi connectivity index (χ0v) is 17.7. The van der Waals surface area contributed by atoms with Crippen LogP contribution in [0.1, 0.15) is 12.6 Å². The van der Waals surface area contributed by atoms with Crippen molar-refractivity contribution in [2.45, 2.75) is 19.6 Å². The second kappa shape index (κ2) is 8.54. The van der Waals surface area contributed by atoms with Crippen LogP contribution in [0.2, 0.25) is 0 Å². The fourth-order valence-corrected chi connectivity index (χ4v) is 3.58. The Labute approximate surface area is 188 Å². The van der Waals surface area contributed by atoms with Crippen molar-refractivity contribution in [2.24, 2.45) is 0 Å². The molecule has 164 valence electrons. The molecule has 33 heavy (non-hydrogen) atoms. The molecule has 0 unspecified atom stereocenters. The lowest BCUT2D eigenvalue weighted by atomic mass is 10.2. The summed E-state index contributed by atoms with van der Waals surface area (Å²) in [6.07, 6.45) is 4.03. The number of benzene rings is 2. The average molecular weight is 440 g/mol. The maximum absolute atomic E-state index is 11.3. The van der Waals surface area contributed by atoms with Gasteiger partial charge in [0, 0.05) is 17.3 Å². The average Bonchev–Trinajstić information content (AvgIpc) is 3.21. The third-order valence-corrected chi connectivity index (χ3v) is 5.22. The number of nitrogens with zero attached hydrogens (tertiary/aromatic N) is 5. The minimum absolute atomic E-state index is 0.398. The fraction of sp³-hybridized carbons (Fsp3) is 0.125. The molecule has 0 bridgehead atoms. The number of hydrogen-bond acceptors (Lipinski definition) is 7. The van der Waals surface area contributed by atoms with Crippen molar-refractivity contribution in [3.63, 3.8) is 0 Å². The Kier molecular flexibility index (Phi) is 5.27. The smallest absolute Gasteiger partial charge is 0.344 e. The second-order valence-corrected chi connectivity index (χ2v) is 7.49. The summed E-state index contributed by atoms with van der Waals surface area (Å²) in [6.45, 7) is 2.06. The summed E-state index contributed by atoms with van der Waals surface area (Å²) >= 11 is 0. The highest BCUT2D eigenvalue weighted by Gasteiger charge is 2.17. The van der Waals surface area contributed by atoms with Crippen molar-refractivity contribution < 1.29 is 14.6 Å². The molecule has 0 aliphatic heterocycles. The first-order chi connectivity index (χ1) is 16.1. The molecule has 3 heterocycles. The summed E-state index contributed by atoms with van der Waals surface area (Å²) in [5.41, 5.74) is 3.37. The quantitative estimate of drug-likeness (QED) is 0.390. The van der Waals surface area contributed by atoms with Crippen LogP contribution in [0, 0.1) is 0 Å². The number of nitrogens with one attached hydrogen (secondary N) is 1. The van der Waals surface area contributed by atoms with E-state index in [2.05, 4.69) is 25.4 Å². The van der Waals surface area contributed by atoms with Crippen LogP contribution in [0.4, 0.5) is 11.5 Å². The van der Waals surface area contributed by atoms with Gasteiger partial charge in [-0.3, -0.25) is 9.67 Å². The number of carboxylic acids is 1. The molecule has 0 radical (unpaired) electrons. The van der Waals surface area contributed by atoms with Crippen molar-refractivity contribution in [1.29, 1.82) is 0 Å². The molecule has 5 aromatic rings. The van der Waals surface area contributed by atoms with Crippen LogP contribution >= 0.6 is 0 Å². The lowest BCUT2D eigenvalue weighted by Crippen LogP contribution is -2.23. The number of rotatable bonds is 7. The topological polar surface area (TPSA) is 115 Å². The summed E-state index contributed by atoms with van der Waals surface area (Å²) < 4.78 is 7.56. The third-order valence-electron chi connectivity index (χ3n) is 5.22. The zero-order valence-electron chi connectivity index (χ0n) is 17.7. The van der Waals surface area contributed by atoms with Crippen molar-refractivity contribution in [3.8, 4) is 5.75 Å². The van der Waals surface area contributed by atoms with E-state index in [9.17, 15) is 9.90 Å². The van der Waals surface area contributed by atoms with Gasteiger partial charge in [-0.2, -0.15) is 5.10 Å². The first kappa shape index (κ1) is 20.4. The number of carbonyl (C=O) groups is 1. The van der Waals surface area contributed by atoms with E-state index < -0.39 is 12.1 Å². The summed E-state index contributed by atoms with van der Waals surface area (Å²) in [5, 5.41) is 18.6. The predicted molar refractivity (Wildman–Crippen MR) is 124 cm³/mol. The molecule has 9 nitrogen and oxygen atoms in total. The number of aliphatic carboxylic acids is 1. The first-order valence-corrected chi connectivity index (χ1v) is 10.3. The van der Waals surface area contributed by atoms with Crippen LogP contribution < -0.4 is 10.1 Å². The third kappa shape index (κ3) is 4.16. The number of fused-ring (bicyclic) bond motifs is 2. The predicted octanol–water partition coefficient (Wildman–Crippen LogP) is 4.02. The van der Waals surface area contributed by atoms with E-state index in [1.165, 1.54) is 13.3 Å². The van der Waals surface area contributed by atoms with Crippen LogP contribution in [-0.2, 0) is 11.3 Å². The van der Waals surface area contributed by atoms with Gasteiger partial charge in [-0.25, -0.2) is 14.8 Å². The van der Waals surface area contributed by atoms with Crippen LogP contribution in [0.25, 0.3) is 21.8 Å². The molecule has 3 aromatic heterocycles. The van der Waals surface area contributed by atoms with Crippen molar-refractivity contribution in [3.05, 3.63) is 79.0 Å². The van der Waals surface area contributed by atoms with Gasteiger partial charge in [0.1, 0.15) is 17.9 Å². The molecule has 0 saturated heterocycles. The molecule has 2 aromatic carbocycles. The van der Waals surface area contributed by atoms with E-state index in [-0.39, 0.29) is 0 Å². The van der Waals surface area contributed by atoms with Gasteiger partial charge >= 0.3 is 5.97 Å². The molecule has 1 atom stereocenters. The fourth-order valence-electron chi connectivity index (χ4n) is 3.58. The van der Waals surface area contributed by atoms with E-state index in [1.54, 1.807) is 18.3 Å². The van der Waals surface area contributed by atoms with Crippen LogP contribution in [0.5, 0.6) is 5.75 Å². The number of anilines is 2. The summed E-state index contributed by atoms with van der Waals surface area (Å²) in [7, 11) is 0. The second-order valence-electron chi connectivity index (χ2n) is 7.49. The number of ether oxygens (including phenoxy) is 1. The van der Waals surface area contributed by atoms with Gasteiger partial charge in [0.25, 0.3) is 0 Å². The Bertz CT molecular complexity index is 1450. The van der Waals surface area contributed by atoms with Gasteiger partial charge < -0.3 is 15.2 Å². The maximum Gasteiger partial charge on any atom is 0.344 e. The number of hydrogen-bond donors (Lipinski definition) is 2. The highest BCUT2D eigenvalue weighted by Crippen LogP contribution is 2.32. The zero-order chi connectivity index (χ0) is 22.8. The highest BCUT2D eigenvalue weighted by atomic mass is 16.5. The molecular formula is C24H20N6O3. The lowest BCUT2D eigenvalue weighted by Gasteiger charge is -2.15. The van der Waals surface area contributed by atoms with Crippen LogP contribution in [0.15, 0.2) is 73.3 Å². The molecule has 0 amide bonds. The number of aromatic nitrogens is 5. The van der Waals surface area contributed by atoms with E-state index in [1.807, 2.05) is 53.3 Å². The first-order valence-electron chi connectivity index (χ1n) is 10.3. The lowest BCUT2D eigenvalue weighted by molar-refractivity contribution is -0.144. The highest BCUT2D eigenvalue weighted by molar-refractivity contribution is 5.96. The van der Waals surface area contributed by atoms with E-state index >= 15 is 0 Å². The normalized spacial score (nSPS) is 12.0. The van der Waals surface area contributed by atoms with Gasteiger partial charge in [-0.05, 0) is 49.4 Å². The molecule has 0 aliphatic carbocycles. The number of pyridine rings is 1. The van der Waals surface area contributed by atoms with Gasteiger partial charge in [0.15, 0.2) is 6.10 Å². The van der Waals surface area contributed by atoms with Crippen molar-refractivity contribution in [1.82, 2.24) is 24.7 Å². The van der Waals surface area contributed by atoms with Gasteiger partial charge in [0.2, 0.25) is 0 Å². The van der Waals surface area contributed by atoms with E-state index in [4.69, 9.17) is 4.74 Å². The van der Waals surface area contributed by atoms with Crippen molar-refractivity contribution >= 4 is 39.3 Å². The Balaban J connectivity index is 1.47. The number of carboxylic acid groups (broad SMARTS) is 1. The molecule has 5 rings (SSSR count). The summed E-state index contributed by atoms with van der Waals surface area (Å²) in [6, 6.07) is 17.0. The Morgan fingerprint density at radius 1 is 1.12 bits per heavy atom. The Morgan fingerprint density at radius 3 is 2.85 bits per heavy atom. The Hall–Kier alpha value is -4.53. The molecule has 9 heteroatoms. The largest absolute Gasteiger partial charge is 0.479 e. The molecule has 0 aliphatic rings. The van der Waals surface area contributed by atoms with Crippen LogP contribution in [-0.4, -0.2) is 41.9 Å². The minimum atomic E-state index is -1.05. The molecule has 0 saturated carbocycles. The van der Waals surface area contributed by atoms with Gasteiger partial charge in [0.05, 0.1) is 34.9 Å². The summed E-state index contributed by atoms with van der Waals surface area (Å²) in [5.74, 6) is -0.130. The van der Waals surface area contributed by atoms with Gasteiger partial charge in [-0.1, -0.05) is 12.1 Å². The molecule has 2 N–H and O–H groups in total. The van der Waals surface area contributed by atoms with Crippen molar-refractivity contribution in [2.75, 3.05) is 5.32 Å². The molecular weight excluding hydrogens is 420 g/mol. The SMILES string of the molecule is C[C@H](Oc1cccc2ncnc(Nc3ccc4c(cnn4Cc4ccccn4)c3)c12)C(=O)O. The molecule has 0 spiro atoms. The van der Waals surface area contributed by atoms with Gasteiger partial charge in [-0.15, -0.1) is 0 Å². The van der Waals surface area contributed by atoms with E-state index in [0.717, 1.165) is 22.3 Å². The monoisotopic (exact) mass is 440 g/mol. The summed E-state index contributed by atoms with van der Waals surface area (Å²) in [4.78, 5) is 24.3. The molecule has 0 fully saturated rings. The van der Waals surface area contributed by atoms with Crippen LogP contribution in [0.3, 0.4) is 0 Å². The van der Waals surface area contributed by atoms with E-state index in [0.29, 0.717) is 29.0 Å². The standard InChI is InChI=1S/C24H20N6O3/c1-15(24(31)32)33-21-7-4-6-19-22(21)23(27-14-26-19)29-17-8-9-20-16(11-17)12-28-30(20)13-18-5-2-3-10-25-18/h2-12,14-15H,13H2,1H3,(H,31,32)(H,26,27,29)/t15-/m0/s1. The minimum Gasteiger partial charge on any atom is -0.479 e. The maximum atomic E-state index is 11.3. The Morgan fingerprint density at radius 2 is 2.03 bits per heavy atom.